The second-order valence-electron chi connectivity index (χ2n) is 5.49. The molecule has 0 aromatic carbocycles. The molecule has 1 aliphatic rings. The summed E-state index contributed by atoms with van der Waals surface area (Å²) in [6.45, 7) is 2.41. The van der Waals surface area contributed by atoms with Gasteiger partial charge in [0.1, 0.15) is 11.9 Å². The van der Waals surface area contributed by atoms with E-state index >= 15 is 0 Å². The average molecular weight is 295 g/mol. The molecule has 0 bridgehead atoms. The van der Waals surface area contributed by atoms with Gasteiger partial charge in [-0.2, -0.15) is 5.26 Å². The quantitative estimate of drug-likeness (QED) is 0.856. The number of hydrogen-bond acceptors (Lipinski definition) is 5. The van der Waals surface area contributed by atoms with E-state index in [1.165, 1.54) is 12.3 Å². The van der Waals surface area contributed by atoms with Crippen LogP contribution >= 0.6 is 0 Å². The first-order chi connectivity index (χ1) is 10.8. The summed E-state index contributed by atoms with van der Waals surface area (Å²) in [4.78, 5) is 22.2. The summed E-state index contributed by atoms with van der Waals surface area (Å²) >= 11 is 0. The summed E-state index contributed by atoms with van der Waals surface area (Å²) in [5.41, 5.74) is 0.610. The van der Waals surface area contributed by atoms with E-state index in [4.69, 9.17) is 5.26 Å². The third-order valence-corrected chi connectivity index (χ3v) is 4.07. The lowest BCUT2D eigenvalue weighted by molar-refractivity contribution is 0.350. The van der Waals surface area contributed by atoms with E-state index in [9.17, 15) is 4.79 Å². The summed E-state index contributed by atoms with van der Waals surface area (Å²) in [6, 6.07) is 7.26. The molecule has 0 N–H and O–H groups in total. The third-order valence-electron chi connectivity index (χ3n) is 4.07. The number of rotatable bonds is 3. The summed E-state index contributed by atoms with van der Waals surface area (Å²) in [5.74, 6) is 1.22. The number of aromatic nitrogens is 3. The highest BCUT2D eigenvalue weighted by molar-refractivity contribution is 5.53. The monoisotopic (exact) mass is 295 g/mol. The Hall–Kier alpha value is -2.68. The van der Waals surface area contributed by atoms with Gasteiger partial charge in [-0.3, -0.25) is 9.36 Å². The van der Waals surface area contributed by atoms with E-state index in [0.717, 1.165) is 31.7 Å². The molecular weight excluding hydrogens is 278 g/mol. The Kier molecular flexibility index (Phi) is 4.15. The summed E-state index contributed by atoms with van der Waals surface area (Å²) < 4.78 is 1.67. The smallest absolute Gasteiger partial charge is 0.253 e. The van der Waals surface area contributed by atoms with Crippen molar-refractivity contribution in [3.8, 4) is 6.07 Å². The van der Waals surface area contributed by atoms with E-state index in [1.54, 1.807) is 29.2 Å². The largest absolute Gasteiger partial charge is 0.356 e. The van der Waals surface area contributed by atoms with Gasteiger partial charge in [0.15, 0.2) is 0 Å². The van der Waals surface area contributed by atoms with Crippen molar-refractivity contribution >= 4 is 5.82 Å². The van der Waals surface area contributed by atoms with Crippen LogP contribution in [0.3, 0.4) is 0 Å². The van der Waals surface area contributed by atoms with Crippen LogP contribution in [-0.2, 0) is 6.54 Å². The maximum Gasteiger partial charge on any atom is 0.253 e. The molecule has 1 saturated heterocycles. The molecule has 0 amide bonds. The molecule has 1 aliphatic heterocycles. The molecule has 0 atom stereocenters. The van der Waals surface area contributed by atoms with Gasteiger partial charge >= 0.3 is 0 Å². The molecule has 3 rings (SSSR count). The Morgan fingerprint density at radius 2 is 2.09 bits per heavy atom. The number of pyridine rings is 1. The molecule has 2 aromatic heterocycles. The van der Waals surface area contributed by atoms with Gasteiger partial charge in [-0.1, -0.05) is 0 Å². The molecule has 2 aromatic rings. The van der Waals surface area contributed by atoms with Crippen LogP contribution in [0.15, 0.2) is 41.7 Å². The predicted octanol–water partition coefficient (Wildman–Crippen LogP) is 1.43. The first kappa shape index (κ1) is 14.3. The lowest BCUT2D eigenvalue weighted by Crippen LogP contribution is -2.37. The van der Waals surface area contributed by atoms with Crippen molar-refractivity contribution in [3.63, 3.8) is 0 Å². The Balaban J connectivity index is 1.65. The van der Waals surface area contributed by atoms with Gasteiger partial charge in [0.05, 0.1) is 11.9 Å². The van der Waals surface area contributed by atoms with Crippen molar-refractivity contribution in [2.45, 2.75) is 19.4 Å². The molecule has 22 heavy (non-hydrogen) atoms. The number of nitriles is 1. The van der Waals surface area contributed by atoms with Crippen LogP contribution in [0.1, 0.15) is 18.4 Å². The molecule has 0 saturated carbocycles. The zero-order chi connectivity index (χ0) is 15.4. The molecule has 6 nitrogen and oxygen atoms in total. The van der Waals surface area contributed by atoms with Crippen LogP contribution in [0.25, 0.3) is 0 Å². The Morgan fingerprint density at radius 3 is 2.82 bits per heavy atom. The normalized spacial score (nSPS) is 15.5. The van der Waals surface area contributed by atoms with Crippen molar-refractivity contribution in [1.82, 2.24) is 14.5 Å². The lowest BCUT2D eigenvalue weighted by Gasteiger charge is -2.33. The minimum absolute atomic E-state index is 0.00563. The van der Waals surface area contributed by atoms with Crippen molar-refractivity contribution in [1.29, 1.82) is 5.26 Å². The zero-order valence-corrected chi connectivity index (χ0v) is 12.2. The van der Waals surface area contributed by atoms with Crippen molar-refractivity contribution in [3.05, 3.63) is 52.8 Å². The van der Waals surface area contributed by atoms with E-state index in [1.807, 2.05) is 0 Å². The minimum Gasteiger partial charge on any atom is -0.356 e. The second-order valence-corrected chi connectivity index (χ2v) is 5.49. The molecule has 0 unspecified atom stereocenters. The van der Waals surface area contributed by atoms with E-state index in [2.05, 4.69) is 20.9 Å². The van der Waals surface area contributed by atoms with Crippen molar-refractivity contribution < 1.29 is 0 Å². The SMILES string of the molecule is N#Cc1cccnc1N1CCC(Cn2cnccc2=O)CC1. The lowest BCUT2D eigenvalue weighted by atomic mass is 9.96. The standard InChI is InChI=1S/C16H17N5O/c17-10-14-2-1-6-19-16(14)20-8-4-13(5-9-20)11-21-12-18-7-3-15(21)22/h1-3,6-7,12-13H,4-5,8-9,11H2. The Morgan fingerprint density at radius 1 is 1.27 bits per heavy atom. The van der Waals surface area contributed by atoms with Gasteiger partial charge in [0.25, 0.3) is 5.56 Å². The minimum atomic E-state index is -0.00563. The van der Waals surface area contributed by atoms with E-state index in [-0.39, 0.29) is 5.56 Å². The predicted molar refractivity (Wildman–Crippen MR) is 82.4 cm³/mol. The Labute approximate surface area is 128 Å². The molecule has 6 heteroatoms. The number of nitrogens with zero attached hydrogens (tertiary/aromatic N) is 5. The van der Waals surface area contributed by atoms with Crippen LogP contribution in [0, 0.1) is 17.2 Å². The van der Waals surface area contributed by atoms with Gasteiger partial charge in [-0.25, -0.2) is 9.97 Å². The van der Waals surface area contributed by atoms with Crippen molar-refractivity contribution in [2.75, 3.05) is 18.0 Å². The maximum absolute atomic E-state index is 11.7. The average Bonchev–Trinajstić information content (AvgIpc) is 2.58. The van der Waals surface area contributed by atoms with Crippen molar-refractivity contribution in [2.24, 2.45) is 5.92 Å². The van der Waals surface area contributed by atoms with Gasteiger partial charge in [-0.15, -0.1) is 0 Å². The topological polar surface area (TPSA) is 74.8 Å². The zero-order valence-electron chi connectivity index (χ0n) is 12.2. The molecular formula is C16H17N5O. The summed E-state index contributed by atoms with van der Waals surface area (Å²) in [7, 11) is 0. The van der Waals surface area contributed by atoms with Gasteiger partial charge in [0, 0.05) is 38.1 Å². The highest BCUT2D eigenvalue weighted by Crippen LogP contribution is 2.24. The van der Waals surface area contributed by atoms with Crippen LogP contribution < -0.4 is 10.5 Å². The second kappa shape index (κ2) is 6.39. The molecule has 0 aliphatic carbocycles. The van der Waals surface area contributed by atoms with Gasteiger partial charge in [-0.05, 0) is 30.9 Å². The fourth-order valence-corrected chi connectivity index (χ4v) is 2.86. The Bertz CT molecular complexity index is 740. The summed E-state index contributed by atoms with van der Waals surface area (Å²) in [5, 5.41) is 9.16. The third kappa shape index (κ3) is 2.98. The van der Waals surface area contributed by atoms with Crippen LogP contribution in [-0.4, -0.2) is 27.6 Å². The molecule has 112 valence electrons. The molecule has 0 radical (unpaired) electrons. The van der Waals surface area contributed by atoms with Gasteiger partial charge in [0.2, 0.25) is 0 Å². The first-order valence-electron chi connectivity index (χ1n) is 7.38. The fourth-order valence-electron chi connectivity index (χ4n) is 2.86. The molecule has 1 fully saturated rings. The molecule has 0 spiro atoms. The first-order valence-corrected chi connectivity index (χ1v) is 7.38. The highest BCUT2D eigenvalue weighted by atomic mass is 16.1. The van der Waals surface area contributed by atoms with Crippen LogP contribution in [0.2, 0.25) is 0 Å². The summed E-state index contributed by atoms with van der Waals surface area (Å²) in [6.07, 6.45) is 6.79. The van der Waals surface area contributed by atoms with Crippen LogP contribution in [0.5, 0.6) is 0 Å². The van der Waals surface area contributed by atoms with Gasteiger partial charge < -0.3 is 4.90 Å². The number of anilines is 1. The van der Waals surface area contributed by atoms with Crippen LogP contribution in [0.4, 0.5) is 5.82 Å². The van der Waals surface area contributed by atoms with E-state index in [0.29, 0.717) is 18.0 Å². The number of piperidine rings is 1. The number of hydrogen-bond donors (Lipinski definition) is 0. The molecule has 3 heterocycles. The van der Waals surface area contributed by atoms with E-state index < -0.39 is 0 Å². The maximum atomic E-state index is 11.7. The fraction of sp³-hybridized carbons (Fsp3) is 0.375. The highest BCUT2D eigenvalue weighted by Gasteiger charge is 2.22.